The van der Waals surface area contributed by atoms with Crippen molar-refractivity contribution in [3.8, 4) is 5.75 Å². The fourth-order valence-electron chi connectivity index (χ4n) is 4.75. The van der Waals surface area contributed by atoms with Gasteiger partial charge >= 0.3 is 6.18 Å². The van der Waals surface area contributed by atoms with Crippen LogP contribution < -0.4 is 4.74 Å². The maximum Gasteiger partial charge on any atom is 0.422 e. The third kappa shape index (κ3) is 8.21. The van der Waals surface area contributed by atoms with Gasteiger partial charge in [0, 0.05) is 11.8 Å². The summed E-state index contributed by atoms with van der Waals surface area (Å²) in [4.78, 5) is 8.77. The number of benzene rings is 3. The summed E-state index contributed by atoms with van der Waals surface area (Å²) in [5, 5.41) is 1.09. The van der Waals surface area contributed by atoms with Crippen molar-refractivity contribution < 1.29 is 31.1 Å². The van der Waals surface area contributed by atoms with Gasteiger partial charge in [-0.2, -0.15) is 13.2 Å². The molecule has 4 aromatic rings. The summed E-state index contributed by atoms with van der Waals surface area (Å²) in [5.74, 6) is -2.50. The lowest BCUT2D eigenvalue weighted by atomic mass is 9.97. The molecule has 218 valence electrons. The minimum absolute atomic E-state index is 0.0186. The van der Waals surface area contributed by atoms with Crippen molar-refractivity contribution >= 4 is 10.8 Å². The molecule has 4 rings (SSSR count). The predicted molar refractivity (Wildman–Crippen MR) is 146 cm³/mol. The third-order valence-corrected chi connectivity index (χ3v) is 7.00. The van der Waals surface area contributed by atoms with E-state index < -0.39 is 29.2 Å². The lowest BCUT2D eigenvalue weighted by molar-refractivity contribution is -0.142. The van der Waals surface area contributed by atoms with Crippen LogP contribution in [0.25, 0.3) is 10.8 Å². The monoisotopic (exact) mass is 574 g/mol. The third-order valence-electron chi connectivity index (χ3n) is 7.00. The summed E-state index contributed by atoms with van der Waals surface area (Å²) in [7, 11) is 0. The Balaban J connectivity index is 1.33. The summed E-state index contributed by atoms with van der Waals surface area (Å²) in [6.45, 7) is 2.83. The second-order valence-corrected chi connectivity index (χ2v) is 10.1. The summed E-state index contributed by atoms with van der Waals surface area (Å²) >= 11 is 0. The van der Waals surface area contributed by atoms with Crippen molar-refractivity contribution in [3.63, 3.8) is 0 Å². The van der Waals surface area contributed by atoms with Crippen molar-refractivity contribution in [1.82, 2.24) is 9.97 Å². The number of unbranched alkanes of at least 4 members (excludes halogenated alkanes) is 4. The van der Waals surface area contributed by atoms with Gasteiger partial charge in [0.05, 0.1) is 19.0 Å². The van der Waals surface area contributed by atoms with Gasteiger partial charge in [-0.25, -0.2) is 23.1 Å². The molecule has 0 atom stereocenters. The van der Waals surface area contributed by atoms with Crippen LogP contribution in [0.3, 0.4) is 0 Å². The van der Waals surface area contributed by atoms with E-state index in [0.717, 1.165) is 18.4 Å². The lowest BCUT2D eigenvalue weighted by Crippen LogP contribution is -2.12. The van der Waals surface area contributed by atoms with Gasteiger partial charge in [-0.15, -0.1) is 0 Å². The van der Waals surface area contributed by atoms with E-state index in [2.05, 4.69) is 16.9 Å². The van der Waals surface area contributed by atoms with E-state index in [1.807, 2.05) is 12.1 Å². The highest BCUT2D eigenvalue weighted by Gasteiger charge is 2.37. The fourth-order valence-corrected chi connectivity index (χ4v) is 4.75. The zero-order valence-electron chi connectivity index (χ0n) is 22.8. The Labute approximate surface area is 235 Å². The van der Waals surface area contributed by atoms with Crippen molar-refractivity contribution in [2.45, 2.75) is 70.9 Å². The molecule has 0 amide bonds. The Morgan fingerprint density at radius 1 is 0.732 bits per heavy atom. The molecule has 0 spiro atoms. The van der Waals surface area contributed by atoms with E-state index in [9.17, 15) is 22.0 Å². The number of nitrogens with zero attached hydrogens (tertiary/aromatic N) is 2. The number of halogens is 6. The topological polar surface area (TPSA) is 35.0 Å². The molecule has 0 bridgehead atoms. The van der Waals surface area contributed by atoms with Crippen LogP contribution in [0.15, 0.2) is 54.9 Å². The van der Waals surface area contributed by atoms with Crippen LogP contribution in [0, 0.1) is 17.5 Å². The first-order chi connectivity index (χ1) is 19.7. The number of hydrogen-bond donors (Lipinski definition) is 0. The molecule has 0 N–H and O–H groups in total. The molecule has 0 aliphatic rings. The smallest absolute Gasteiger partial charge is 0.422 e. The van der Waals surface area contributed by atoms with Crippen LogP contribution in [0.1, 0.15) is 67.1 Å². The molecule has 0 saturated heterocycles. The molecule has 1 heterocycles. The van der Waals surface area contributed by atoms with E-state index in [-0.39, 0.29) is 18.4 Å². The first-order valence-corrected chi connectivity index (χ1v) is 13.8. The molecule has 0 fully saturated rings. The zero-order valence-corrected chi connectivity index (χ0v) is 22.8. The van der Waals surface area contributed by atoms with Crippen molar-refractivity contribution in [2.24, 2.45) is 0 Å². The SMILES string of the molecule is CCCCCCCOc1cnc(CCc2ccc3c(F)c(CCc4cc(F)c(C(F)(F)F)c(F)c4)ccc3c2)nc1. The Kier molecular flexibility index (Phi) is 10.2. The summed E-state index contributed by atoms with van der Waals surface area (Å²) in [5.41, 5.74) is -0.610. The van der Waals surface area contributed by atoms with E-state index >= 15 is 4.39 Å². The standard InChI is InChI=1S/C32H32F6N2O/c1-2-3-4-5-6-15-41-25-19-39-29(40-20-25)14-9-21-8-13-26-24(16-21)12-11-23(31(26)35)10-7-22-17-27(33)30(28(34)18-22)32(36,37)38/h8,11-13,16-20H,2-7,9-10,14-15H2,1H3. The maximum atomic E-state index is 15.2. The number of ether oxygens (including phenoxy) is 1. The Morgan fingerprint density at radius 3 is 2.10 bits per heavy atom. The van der Waals surface area contributed by atoms with Gasteiger partial charge in [0.1, 0.15) is 28.8 Å². The van der Waals surface area contributed by atoms with Gasteiger partial charge in [0.25, 0.3) is 0 Å². The number of alkyl halides is 3. The highest BCUT2D eigenvalue weighted by Crippen LogP contribution is 2.34. The van der Waals surface area contributed by atoms with Crippen molar-refractivity contribution in [3.05, 3.63) is 100 Å². The van der Waals surface area contributed by atoms with E-state index in [0.29, 0.717) is 59.5 Å². The van der Waals surface area contributed by atoms with Crippen LogP contribution >= 0.6 is 0 Å². The molecular formula is C32H32F6N2O. The van der Waals surface area contributed by atoms with Crippen LogP contribution in [-0.2, 0) is 31.9 Å². The molecule has 0 unspecified atom stereocenters. The summed E-state index contributed by atoms with van der Waals surface area (Å²) in [6.07, 6.45) is 5.36. The van der Waals surface area contributed by atoms with Crippen LogP contribution in [0.4, 0.5) is 26.3 Å². The minimum atomic E-state index is -5.13. The molecule has 3 nitrogen and oxygen atoms in total. The average Bonchev–Trinajstić information content (AvgIpc) is 2.93. The second kappa shape index (κ2) is 13.8. The van der Waals surface area contributed by atoms with Gasteiger partial charge in [-0.05, 0) is 59.9 Å². The van der Waals surface area contributed by atoms with Crippen LogP contribution in [-0.4, -0.2) is 16.6 Å². The number of aromatic nitrogens is 2. The summed E-state index contributed by atoms with van der Waals surface area (Å²) < 4.78 is 87.1. The highest BCUT2D eigenvalue weighted by atomic mass is 19.4. The Hall–Kier alpha value is -3.62. The van der Waals surface area contributed by atoms with Gasteiger partial charge < -0.3 is 4.74 Å². The van der Waals surface area contributed by atoms with E-state index in [1.54, 1.807) is 30.6 Å². The largest absolute Gasteiger partial charge is 0.490 e. The average molecular weight is 575 g/mol. The number of rotatable bonds is 13. The van der Waals surface area contributed by atoms with Crippen LogP contribution in [0.2, 0.25) is 0 Å². The molecular weight excluding hydrogens is 542 g/mol. The number of hydrogen-bond acceptors (Lipinski definition) is 3. The predicted octanol–water partition coefficient (Wildman–Crippen LogP) is 8.99. The molecule has 9 heteroatoms. The summed E-state index contributed by atoms with van der Waals surface area (Å²) in [6, 6.07) is 10.0. The first-order valence-electron chi connectivity index (χ1n) is 13.8. The zero-order chi connectivity index (χ0) is 29.4. The van der Waals surface area contributed by atoms with Gasteiger partial charge in [0.15, 0.2) is 5.75 Å². The normalized spacial score (nSPS) is 11.8. The first kappa shape index (κ1) is 30.3. The van der Waals surface area contributed by atoms with Gasteiger partial charge in [-0.1, -0.05) is 62.9 Å². The van der Waals surface area contributed by atoms with E-state index in [4.69, 9.17) is 4.74 Å². The fraction of sp³-hybridized carbons (Fsp3) is 0.375. The van der Waals surface area contributed by atoms with E-state index in [1.165, 1.54) is 19.3 Å². The maximum absolute atomic E-state index is 15.2. The Bertz CT molecular complexity index is 1430. The highest BCUT2D eigenvalue weighted by molar-refractivity contribution is 5.84. The van der Waals surface area contributed by atoms with Gasteiger partial charge in [-0.3, -0.25) is 0 Å². The quantitative estimate of drug-likeness (QED) is 0.118. The minimum Gasteiger partial charge on any atom is -0.490 e. The molecule has 41 heavy (non-hydrogen) atoms. The molecule has 0 aliphatic heterocycles. The van der Waals surface area contributed by atoms with Gasteiger partial charge in [0.2, 0.25) is 0 Å². The number of fused-ring (bicyclic) bond motifs is 1. The molecule has 0 saturated carbocycles. The van der Waals surface area contributed by atoms with Crippen LogP contribution in [0.5, 0.6) is 5.75 Å². The Morgan fingerprint density at radius 2 is 1.41 bits per heavy atom. The number of aryl methyl sites for hydroxylation is 4. The molecule has 1 aromatic heterocycles. The molecule has 0 aliphatic carbocycles. The van der Waals surface area contributed by atoms with Crippen molar-refractivity contribution in [1.29, 1.82) is 0 Å². The lowest BCUT2D eigenvalue weighted by Gasteiger charge is -2.12. The van der Waals surface area contributed by atoms with Crippen molar-refractivity contribution in [2.75, 3.05) is 6.61 Å². The molecule has 3 aromatic carbocycles. The molecule has 0 radical (unpaired) electrons. The second-order valence-electron chi connectivity index (χ2n) is 10.1.